The van der Waals surface area contributed by atoms with Crippen molar-refractivity contribution in [1.82, 2.24) is 0 Å². The number of hydrogen-bond donors (Lipinski definition) is 0. The summed E-state index contributed by atoms with van der Waals surface area (Å²) in [5, 5.41) is 8.96. The van der Waals surface area contributed by atoms with E-state index >= 15 is 0 Å². The van der Waals surface area contributed by atoms with Gasteiger partial charge in [0.25, 0.3) is 0 Å². The summed E-state index contributed by atoms with van der Waals surface area (Å²) in [5.41, 5.74) is 2.33. The molecule has 0 saturated heterocycles. The minimum absolute atomic E-state index is 0.318. The maximum atomic E-state index is 11.6. The Morgan fingerprint density at radius 2 is 2.25 bits per heavy atom. The molecule has 0 saturated carbocycles. The van der Waals surface area contributed by atoms with Crippen LogP contribution in [0, 0.1) is 11.3 Å². The van der Waals surface area contributed by atoms with Crippen LogP contribution in [0.5, 0.6) is 0 Å². The van der Waals surface area contributed by atoms with E-state index in [1.165, 1.54) is 7.11 Å². The molecular formula is C12H12ClNO2. The minimum atomic E-state index is -0.486. The summed E-state index contributed by atoms with van der Waals surface area (Å²) >= 11 is 5.79. The number of methoxy groups -OCH3 is 1. The molecule has 0 fully saturated rings. The standard InChI is InChI=1S/C12H12ClNO2/c1-3-10-8(6-13)4-5-9(7-14)11(10)12(15)16-2/h4-5H,3,6H2,1-2H3. The molecule has 84 valence electrons. The predicted octanol–water partition coefficient (Wildman–Crippen LogP) is 2.65. The largest absolute Gasteiger partial charge is 0.465 e. The third-order valence-electron chi connectivity index (χ3n) is 2.42. The van der Waals surface area contributed by atoms with E-state index in [1.807, 2.05) is 13.0 Å². The molecule has 0 atom stereocenters. The van der Waals surface area contributed by atoms with E-state index in [9.17, 15) is 4.79 Å². The SMILES string of the molecule is CCc1c(CCl)ccc(C#N)c1C(=O)OC. The number of hydrogen-bond acceptors (Lipinski definition) is 3. The zero-order valence-corrected chi connectivity index (χ0v) is 9.97. The predicted molar refractivity (Wildman–Crippen MR) is 61.4 cm³/mol. The van der Waals surface area contributed by atoms with E-state index in [0.717, 1.165) is 11.1 Å². The fourth-order valence-electron chi connectivity index (χ4n) is 1.65. The molecule has 0 heterocycles. The summed E-state index contributed by atoms with van der Waals surface area (Å²) in [5.74, 6) is -0.167. The van der Waals surface area contributed by atoms with E-state index < -0.39 is 5.97 Å². The molecule has 0 aliphatic heterocycles. The smallest absolute Gasteiger partial charge is 0.339 e. The molecule has 0 unspecified atom stereocenters. The normalized spacial score (nSPS) is 9.62. The van der Waals surface area contributed by atoms with Gasteiger partial charge >= 0.3 is 5.97 Å². The highest BCUT2D eigenvalue weighted by molar-refractivity contribution is 6.17. The molecule has 0 spiro atoms. The topological polar surface area (TPSA) is 50.1 Å². The summed E-state index contributed by atoms with van der Waals surface area (Å²) < 4.78 is 4.69. The molecule has 1 aromatic rings. The van der Waals surface area contributed by atoms with E-state index in [1.54, 1.807) is 12.1 Å². The molecule has 0 bridgehead atoms. The molecule has 4 heteroatoms. The molecule has 0 aliphatic carbocycles. The summed E-state index contributed by atoms with van der Waals surface area (Å²) in [6.07, 6.45) is 0.641. The van der Waals surface area contributed by atoms with Gasteiger partial charge in [-0.3, -0.25) is 0 Å². The van der Waals surface area contributed by atoms with Crippen molar-refractivity contribution in [1.29, 1.82) is 5.26 Å². The third kappa shape index (κ3) is 2.17. The van der Waals surface area contributed by atoms with Gasteiger partial charge in [-0.25, -0.2) is 4.79 Å². The molecule has 0 aliphatic rings. The monoisotopic (exact) mass is 237 g/mol. The van der Waals surface area contributed by atoms with Gasteiger partial charge in [0.2, 0.25) is 0 Å². The lowest BCUT2D eigenvalue weighted by atomic mass is 9.95. The van der Waals surface area contributed by atoms with E-state index in [2.05, 4.69) is 4.74 Å². The molecule has 16 heavy (non-hydrogen) atoms. The average molecular weight is 238 g/mol. The van der Waals surface area contributed by atoms with Gasteiger partial charge in [0, 0.05) is 5.88 Å². The summed E-state index contributed by atoms with van der Waals surface area (Å²) in [6.45, 7) is 1.92. The average Bonchev–Trinajstić information content (AvgIpc) is 2.35. The number of nitriles is 1. The zero-order chi connectivity index (χ0) is 12.1. The van der Waals surface area contributed by atoms with Crippen LogP contribution in [0.1, 0.15) is 34.0 Å². The number of rotatable bonds is 3. The van der Waals surface area contributed by atoms with Crippen LogP contribution in [0.25, 0.3) is 0 Å². The van der Waals surface area contributed by atoms with Crippen LogP contribution >= 0.6 is 11.6 Å². The van der Waals surface area contributed by atoms with Crippen LogP contribution in [-0.2, 0) is 17.0 Å². The second-order valence-corrected chi connectivity index (χ2v) is 3.48. The van der Waals surface area contributed by atoms with Gasteiger partial charge in [-0.2, -0.15) is 5.26 Å². The summed E-state index contributed by atoms with van der Waals surface area (Å²) in [6, 6.07) is 5.37. The van der Waals surface area contributed by atoms with Crippen molar-refractivity contribution in [3.8, 4) is 6.07 Å². The number of halogens is 1. The second-order valence-electron chi connectivity index (χ2n) is 3.22. The van der Waals surface area contributed by atoms with Crippen molar-refractivity contribution >= 4 is 17.6 Å². The highest BCUT2D eigenvalue weighted by atomic mass is 35.5. The molecule has 0 amide bonds. The maximum Gasteiger partial charge on any atom is 0.339 e. The van der Waals surface area contributed by atoms with Crippen molar-refractivity contribution < 1.29 is 9.53 Å². The maximum absolute atomic E-state index is 11.6. The summed E-state index contributed by atoms with van der Waals surface area (Å²) in [7, 11) is 1.30. The van der Waals surface area contributed by atoms with E-state index in [0.29, 0.717) is 23.4 Å². The first-order chi connectivity index (χ1) is 7.69. The number of benzene rings is 1. The number of alkyl halides is 1. The van der Waals surface area contributed by atoms with Crippen molar-refractivity contribution in [3.63, 3.8) is 0 Å². The lowest BCUT2D eigenvalue weighted by Gasteiger charge is -2.11. The Hall–Kier alpha value is -1.53. The number of nitrogens with zero attached hydrogens (tertiary/aromatic N) is 1. The van der Waals surface area contributed by atoms with Gasteiger partial charge in [-0.1, -0.05) is 13.0 Å². The molecule has 0 radical (unpaired) electrons. The highest BCUT2D eigenvalue weighted by Gasteiger charge is 2.18. The molecule has 1 rings (SSSR count). The fraction of sp³-hybridized carbons (Fsp3) is 0.333. The van der Waals surface area contributed by atoms with Gasteiger partial charge in [-0.15, -0.1) is 11.6 Å². The Bertz CT molecular complexity index is 449. The second kappa shape index (κ2) is 5.53. The fourth-order valence-corrected chi connectivity index (χ4v) is 1.90. The minimum Gasteiger partial charge on any atom is -0.465 e. The highest BCUT2D eigenvalue weighted by Crippen LogP contribution is 2.22. The molecule has 1 aromatic carbocycles. The Labute approximate surface area is 99.6 Å². The molecular weight excluding hydrogens is 226 g/mol. The van der Waals surface area contributed by atoms with Crippen LogP contribution in [0.4, 0.5) is 0 Å². The van der Waals surface area contributed by atoms with Crippen LogP contribution in [0.3, 0.4) is 0 Å². The van der Waals surface area contributed by atoms with Crippen molar-refractivity contribution in [2.45, 2.75) is 19.2 Å². The summed E-state index contributed by atoms with van der Waals surface area (Å²) in [4.78, 5) is 11.6. The number of esters is 1. The van der Waals surface area contributed by atoms with Crippen LogP contribution in [0.15, 0.2) is 12.1 Å². The lowest BCUT2D eigenvalue weighted by molar-refractivity contribution is 0.0599. The number of carbonyl (C=O) groups excluding carboxylic acids is 1. The van der Waals surface area contributed by atoms with Crippen molar-refractivity contribution in [2.75, 3.05) is 7.11 Å². The Balaban J connectivity index is 3.50. The van der Waals surface area contributed by atoms with E-state index in [-0.39, 0.29) is 0 Å². The third-order valence-corrected chi connectivity index (χ3v) is 2.71. The van der Waals surface area contributed by atoms with Gasteiger partial charge in [-0.05, 0) is 23.6 Å². The van der Waals surface area contributed by atoms with Crippen LogP contribution < -0.4 is 0 Å². The lowest BCUT2D eigenvalue weighted by Crippen LogP contribution is -2.10. The van der Waals surface area contributed by atoms with Crippen molar-refractivity contribution in [3.05, 3.63) is 34.4 Å². The number of carbonyl (C=O) groups is 1. The first-order valence-electron chi connectivity index (χ1n) is 4.88. The van der Waals surface area contributed by atoms with Gasteiger partial charge in [0.1, 0.15) is 6.07 Å². The van der Waals surface area contributed by atoms with Crippen LogP contribution in [0.2, 0.25) is 0 Å². The molecule has 3 nitrogen and oxygen atoms in total. The Morgan fingerprint density at radius 1 is 1.56 bits per heavy atom. The quantitative estimate of drug-likeness (QED) is 0.600. The van der Waals surface area contributed by atoms with Crippen molar-refractivity contribution in [2.24, 2.45) is 0 Å². The van der Waals surface area contributed by atoms with Gasteiger partial charge < -0.3 is 4.74 Å². The Kier molecular flexibility index (Phi) is 4.33. The van der Waals surface area contributed by atoms with E-state index in [4.69, 9.17) is 16.9 Å². The zero-order valence-electron chi connectivity index (χ0n) is 9.21. The first-order valence-corrected chi connectivity index (χ1v) is 5.42. The molecule has 0 aromatic heterocycles. The Morgan fingerprint density at radius 3 is 2.69 bits per heavy atom. The van der Waals surface area contributed by atoms with Gasteiger partial charge in [0.05, 0.1) is 18.2 Å². The van der Waals surface area contributed by atoms with Crippen LogP contribution in [-0.4, -0.2) is 13.1 Å². The van der Waals surface area contributed by atoms with Gasteiger partial charge in [0.15, 0.2) is 0 Å². The number of ether oxygens (including phenoxy) is 1. The first kappa shape index (κ1) is 12.5. The molecule has 0 N–H and O–H groups in total.